The Balaban J connectivity index is 1.40. The van der Waals surface area contributed by atoms with Gasteiger partial charge in [-0.15, -0.1) is 0 Å². The quantitative estimate of drug-likeness (QED) is 0.710. The molecule has 1 aliphatic heterocycles. The largest absolute Gasteiger partial charge is 0.457 e. The predicted molar refractivity (Wildman–Crippen MR) is 116 cm³/mol. The summed E-state index contributed by atoms with van der Waals surface area (Å²) in [6, 6.07) is 24.0. The molecule has 0 atom stereocenters. The summed E-state index contributed by atoms with van der Waals surface area (Å²) >= 11 is 0. The fourth-order valence-corrected chi connectivity index (χ4v) is 3.51. The van der Waals surface area contributed by atoms with Crippen LogP contribution in [-0.2, 0) is 0 Å². The SMILES string of the molecule is NC(=O)c1ccc(Oc2cccc(C(=O)N3CCN(c4ccccc4)CC3)c2)cc1. The van der Waals surface area contributed by atoms with E-state index in [1.54, 1.807) is 48.5 Å². The van der Waals surface area contributed by atoms with Crippen LogP contribution in [0.4, 0.5) is 5.69 Å². The Kier molecular flexibility index (Phi) is 5.66. The predicted octanol–water partition coefficient (Wildman–Crippen LogP) is 3.54. The van der Waals surface area contributed by atoms with Crippen molar-refractivity contribution in [1.29, 1.82) is 0 Å². The van der Waals surface area contributed by atoms with E-state index in [1.807, 2.05) is 23.1 Å². The normalized spacial score (nSPS) is 13.7. The van der Waals surface area contributed by atoms with Gasteiger partial charge in [0.25, 0.3) is 5.91 Å². The summed E-state index contributed by atoms with van der Waals surface area (Å²) < 4.78 is 5.84. The van der Waals surface area contributed by atoms with Crippen LogP contribution in [0, 0.1) is 0 Å². The first-order chi connectivity index (χ1) is 14.6. The van der Waals surface area contributed by atoms with Crippen LogP contribution in [0.3, 0.4) is 0 Å². The van der Waals surface area contributed by atoms with Gasteiger partial charge in [0.2, 0.25) is 5.91 Å². The van der Waals surface area contributed by atoms with Gasteiger partial charge in [-0.25, -0.2) is 0 Å². The van der Waals surface area contributed by atoms with Gasteiger partial charge in [0.1, 0.15) is 11.5 Å². The average Bonchev–Trinajstić information content (AvgIpc) is 2.80. The molecule has 2 N–H and O–H groups in total. The van der Waals surface area contributed by atoms with Gasteiger partial charge < -0.3 is 20.3 Å². The number of hydrogen-bond donors (Lipinski definition) is 1. The fraction of sp³-hybridized carbons (Fsp3) is 0.167. The zero-order chi connectivity index (χ0) is 20.9. The third kappa shape index (κ3) is 4.43. The number of carbonyl (C=O) groups excluding carboxylic acids is 2. The van der Waals surface area contributed by atoms with Crippen molar-refractivity contribution in [2.24, 2.45) is 5.73 Å². The Bertz CT molecular complexity index is 1030. The van der Waals surface area contributed by atoms with Crippen LogP contribution in [0.5, 0.6) is 11.5 Å². The van der Waals surface area contributed by atoms with Gasteiger partial charge in [0, 0.05) is 43.0 Å². The molecule has 1 fully saturated rings. The van der Waals surface area contributed by atoms with E-state index >= 15 is 0 Å². The molecule has 2 amide bonds. The van der Waals surface area contributed by atoms with Gasteiger partial charge in [-0.05, 0) is 54.6 Å². The lowest BCUT2D eigenvalue weighted by atomic mass is 10.1. The van der Waals surface area contributed by atoms with E-state index in [1.165, 1.54) is 5.69 Å². The number of rotatable bonds is 5. The number of nitrogens with two attached hydrogens (primary N) is 1. The van der Waals surface area contributed by atoms with Crippen LogP contribution >= 0.6 is 0 Å². The lowest BCUT2D eigenvalue weighted by Crippen LogP contribution is -2.48. The van der Waals surface area contributed by atoms with Gasteiger partial charge in [-0.2, -0.15) is 0 Å². The molecule has 0 bridgehead atoms. The molecule has 3 aromatic rings. The Morgan fingerprint density at radius 1 is 0.733 bits per heavy atom. The van der Waals surface area contributed by atoms with Gasteiger partial charge in [0.15, 0.2) is 0 Å². The van der Waals surface area contributed by atoms with Crippen LogP contribution in [-0.4, -0.2) is 42.9 Å². The Morgan fingerprint density at radius 2 is 1.43 bits per heavy atom. The van der Waals surface area contributed by atoms with Crippen LogP contribution in [0.15, 0.2) is 78.9 Å². The second-order valence-corrected chi connectivity index (χ2v) is 7.13. The van der Waals surface area contributed by atoms with Crippen LogP contribution < -0.4 is 15.4 Å². The molecule has 3 aromatic carbocycles. The van der Waals surface area contributed by atoms with E-state index in [9.17, 15) is 9.59 Å². The topological polar surface area (TPSA) is 75.9 Å². The number of hydrogen-bond acceptors (Lipinski definition) is 4. The monoisotopic (exact) mass is 401 g/mol. The van der Waals surface area contributed by atoms with Crippen molar-refractivity contribution in [3.63, 3.8) is 0 Å². The number of amides is 2. The number of para-hydroxylation sites is 1. The van der Waals surface area contributed by atoms with E-state index in [2.05, 4.69) is 17.0 Å². The molecule has 1 heterocycles. The molecule has 1 saturated heterocycles. The van der Waals surface area contributed by atoms with Crippen LogP contribution in [0.1, 0.15) is 20.7 Å². The summed E-state index contributed by atoms with van der Waals surface area (Å²) in [5.41, 5.74) is 7.45. The Labute approximate surface area is 175 Å². The highest BCUT2D eigenvalue weighted by atomic mass is 16.5. The highest BCUT2D eigenvalue weighted by Gasteiger charge is 2.22. The molecule has 6 nitrogen and oxygen atoms in total. The van der Waals surface area contributed by atoms with Gasteiger partial charge >= 0.3 is 0 Å². The summed E-state index contributed by atoms with van der Waals surface area (Å²) in [6.45, 7) is 2.96. The van der Waals surface area contributed by atoms with Crippen LogP contribution in [0.2, 0.25) is 0 Å². The number of ether oxygens (including phenoxy) is 1. The minimum atomic E-state index is -0.485. The first-order valence-electron chi connectivity index (χ1n) is 9.87. The molecule has 0 saturated carbocycles. The fourth-order valence-electron chi connectivity index (χ4n) is 3.51. The van der Waals surface area contributed by atoms with Crippen molar-refractivity contribution in [3.05, 3.63) is 90.0 Å². The molecule has 0 unspecified atom stereocenters. The second kappa shape index (κ2) is 8.69. The van der Waals surface area contributed by atoms with Crippen molar-refractivity contribution < 1.29 is 14.3 Å². The van der Waals surface area contributed by atoms with Crippen molar-refractivity contribution in [2.45, 2.75) is 0 Å². The molecular weight excluding hydrogens is 378 g/mol. The number of piperazine rings is 1. The maximum Gasteiger partial charge on any atom is 0.254 e. The molecular formula is C24H23N3O3. The molecule has 0 radical (unpaired) electrons. The standard InChI is InChI=1S/C24H23N3O3/c25-23(28)18-9-11-21(12-10-18)30-22-8-4-5-19(17-22)24(29)27-15-13-26(14-16-27)20-6-2-1-3-7-20/h1-12,17H,13-16H2,(H2,25,28). The van der Waals surface area contributed by atoms with Gasteiger partial charge in [-0.3, -0.25) is 9.59 Å². The number of carbonyl (C=O) groups is 2. The molecule has 4 rings (SSSR count). The lowest BCUT2D eigenvalue weighted by molar-refractivity contribution is 0.0746. The maximum absolute atomic E-state index is 13.0. The first-order valence-corrected chi connectivity index (χ1v) is 9.87. The Morgan fingerprint density at radius 3 is 2.10 bits per heavy atom. The van der Waals surface area contributed by atoms with Gasteiger partial charge in [-0.1, -0.05) is 24.3 Å². The number of anilines is 1. The van der Waals surface area contributed by atoms with Crippen molar-refractivity contribution in [2.75, 3.05) is 31.1 Å². The highest BCUT2D eigenvalue weighted by Crippen LogP contribution is 2.24. The third-order valence-electron chi connectivity index (χ3n) is 5.14. The zero-order valence-corrected chi connectivity index (χ0v) is 16.5. The zero-order valence-electron chi connectivity index (χ0n) is 16.5. The summed E-state index contributed by atoms with van der Waals surface area (Å²) in [6.07, 6.45) is 0. The smallest absolute Gasteiger partial charge is 0.254 e. The van der Waals surface area contributed by atoms with E-state index in [4.69, 9.17) is 10.5 Å². The minimum Gasteiger partial charge on any atom is -0.457 e. The molecule has 152 valence electrons. The molecule has 6 heteroatoms. The number of primary amides is 1. The third-order valence-corrected chi connectivity index (χ3v) is 5.14. The van der Waals surface area contributed by atoms with E-state index in [0.29, 0.717) is 35.7 Å². The van der Waals surface area contributed by atoms with E-state index < -0.39 is 5.91 Å². The van der Waals surface area contributed by atoms with Crippen LogP contribution in [0.25, 0.3) is 0 Å². The van der Waals surface area contributed by atoms with E-state index in [-0.39, 0.29) is 5.91 Å². The number of nitrogens with zero attached hydrogens (tertiary/aromatic N) is 2. The first kappa shape index (κ1) is 19.5. The highest BCUT2D eigenvalue weighted by molar-refractivity contribution is 5.95. The molecule has 1 aliphatic rings. The summed E-state index contributed by atoms with van der Waals surface area (Å²) in [5.74, 6) is 0.649. The van der Waals surface area contributed by atoms with Crippen molar-refractivity contribution >= 4 is 17.5 Å². The summed E-state index contributed by atoms with van der Waals surface area (Å²) in [4.78, 5) is 28.3. The molecule has 30 heavy (non-hydrogen) atoms. The minimum absolute atomic E-state index is 0.00256. The molecule has 0 aliphatic carbocycles. The maximum atomic E-state index is 13.0. The number of benzene rings is 3. The summed E-state index contributed by atoms with van der Waals surface area (Å²) in [5, 5.41) is 0. The second-order valence-electron chi connectivity index (χ2n) is 7.13. The molecule has 0 aromatic heterocycles. The van der Waals surface area contributed by atoms with Gasteiger partial charge in [0.05, 0.1) is 0 Å². The van der Waals surface area contributed by atoms with E-state index in [0.717, 1.165) is 13.1 Å². The average molecular weight is 401 g/mol. The lowest BCUT2D eigenvalue weighted by Gasteiger charge is -2.36. The summed E-state index contributed by atoms with van der Waals surface area (Å²) in [7, 11) is 0. The molecule has 0 spiro atoms. The van der Waals surface area contributed by atoms with Crippen molar-refractivity contribution in [3.8, 4) is 11.5 Å². The Hall–Kier alpha value is -3.80. The van der Waals surface area contributed by atoms with Crippen molar-refractivity contribution in [1.82, 2.24) is 4.90 Å².